The summed E-state index contributed by atoms with van der Waals surface area (Å²) in [6.07, 6.45) is 2.83. The van der Waals surface area contributed by atoms with E-state index in [0.29, 0.717) is 11.5 Å². The van der Waals surface area contributed by atoms with E-state index in [1.165, 1.54) is 4.88 Å². The van der Waals surface area contributed by atoms with Gasteiger partial charge in [0.2, 0.25) is 0 Å². The molecular weight excluding hydrogens is 270 g/mol. The van der Waals surface area contributed by atoms with Gasteiger partial charge in [0.15, 0.2) is 5.82 Å². The van der Waals surface area contributed by atoms with E-state index in [-0.39, 0.29) is 11.4 Å². The number of primary amides is 1. The highest BCUT2D eigenvalue weighted by Crippen LogP contribution is 2.27. The van der Waals surface area contributed by atoms with E-state index in [1.54, 1.807) is 11.3 Å². The number of anilines is 2. The minimum absolute atomic E-state index is 0.170. The van der Waals surface area contributed by atoms with Crippen molar-refractivity contribution in [1.82, 2.24) is 9.36 Å². The fraction of sp³-hybridized carbons (Fsp3) is 0.300. The minimum Gasteiger partial charge on any atom is -0.382 e. The highest BCUT2D eigenvalue weighted by molar-refractivity contribution is 7.12. The van der Waals surface area contributed by atoms with Crippen molar-refractivity contribution >= 4 is 39.6 Å². The Morgan fingerprint density at radius 3 is 2.94 bits per heavy atom. The van der Waals surface area contributed by atoms with Crippen LogP contribution in [-0.4, -0.2) is 15.3 Å². The lowest BCUT2D eigenvalue weighted by Crippen LogP contribution is -2.14. The quantitative estimate of drug-likeness (QED) is 0.770. The molecule has 0 saturated carbocycles. The second-order valence-corrected chi connectivity index (χ2v) is 5.54. The van der Waals surface area contributed by atoms with Crippen LogP contribution in [-0.2, 0) is 13.0 Å². The number of aromatic nitrogens is 2. The molecule has 2 aromatic rings. The number of aryl methyl sites for hydroxylation is 1. The fourth-order valence-electron chi connectivity index (χ4n) is 1.41. The number of nitrogens with two attached hydrogens (primary N) is 2. The number of nitrogens with one attached hydrogen (secondary N) is 1. The normalized spacial score (nSPS) is 10.5. The Hall–Kier alpha value is -1.67. The average Bonchev–Trinajstić information content (AvgIpc) is 2.92. The molecule has 18 heavy (non-hydrogen) atoms. The number of nitrogens with zero attached hydrogens (tertiary/aromatic N) is 2. The van der Waals surface area contributed by atoms with Crippen molar-refractivity contribution in [2.75, 3.05) is 11.1 Å². The van der Waals surface area contributed by atoms with Gasteiger partial charge in [-0.25, -0.2) is 4.98 Å². The van der Waals surface area contributed by atoms with Gasteiger partial charge in [-0.2, -0.15) is 4.37 Å². The molecule has 1 amide bonds. The summed E-state index contributed by atoms with van der Waals surface area (Å²) in [6.45, 7) is 2.62. The van der Waals surface area contributed by atoms with Crippen LogP contribution < -0.4 is 16.8 Å². The summed E-state index contributed by atoms with van der Waals surface area (Å²) >= 11 is 2.76. The second-order valence-electron chi connectivity index (χ2n) is 3.56. The van der Waals surface area contributed by atoms with Crippen molar-refractivity contribution in [1.29, 1.82) is 0 Å². The van der Waals surface area contributed by atoms with Gasteiger partial charge in [-0.3, -0.25) is 4.79 Å². The Kier molecular flexibility index (Phi) is 3.78. The van der Waals surface area contributed by atoms with Crippen LogP contribution in [0.2, 0.25) is 0 Å². The molecule has 0 aromatic carbocycles. The number of hydrogen-bond donors (Lipinski definition) is 3. The van der Waals surface area contributed by atoms with Gasteiger partial charge in [0.25, 0.3) is 5.91 Å². The van der Waals surface area contributed by atoms with Gasteiger partial charge in [-0.15, -0.1) is 11.3 Å². The third kappa shape index (κ3) is 2.59. The third-order valence-corrected chi connectivity index (χ3v) is 4.28. The summed E-state index contributed by atoms with van der Waals surface area (Å²) in [7, 11) is 0. The molecule has 96 valence electrons. The van der Waals surface area contributed by atoms with Gasteiger partial charge in [0.1, 0.15) is 15.6 Å². The van der Waals surface area contributed by atoms with Gasteiger partial charge in [-0.05, 0) is 18.0 Å². The molecule has 0 atom stereocenters. The second kappa shape index (κ2) is 5.32. The smallest absolute Gasteiger partial charge is 0.255 e. The Morgan fingerprint density at radius 2 is 2.33 bits per heavy atom. The van der Waals surface area contributed by atoms with Crippen LogP contribution in [0.1, 0.15) is 27.2 Å². The van der Waals surface area contributed by atoms with Crippen LogP contribution in [0.5, 0.6) is 0 Å². The lowest BCUT2D eigenvalue weighted by atomic mass is 10.3. The Bertz CT molecular complexity index is 562. The highest BCUT2D eigenvalue weighted by Gasteiger charge is 2.16. The molecule has 0 bridgehead atoms. The molecule has 0 fully saturated rings. The zero-order valence-corrected chi connectivity index (χ0v) is 11.4. The maximum atomic E-state index is 11.2. The van der Waals surface area contributed by atoms with E-state index < -0.39 is 5.91 Å². The minimum atomic E-state index is -0.572. The summed E-state index contributed by atoms with van der Waals surface area (Å²) in [4.78, 5) is 16.7. The molecular formula is C10H13N5OS2. The largest absolute Gasteiger partial charge is 0.382 e. The number of amides is 1. The van der Waals surface area contributed by atoms with Crippen molar-refractivity contribution in [2.24, 2.45) is 5.73 Å². The summed E-state index contributed by atoms with van der Waals surface area (Å²) in [5.41, 5.74) is 11.1. The molecule has 5 N–H and O–H groups in total. The van der Waals surface area contributed by atoms with E-state index in [0.717, 1.165) is 23.0 Å². The van der Waals surface area contributed by atoms with E-state index in [1.807, 2.05) is 6.20 Å². The van der Waals surface area contributed by atoms with Crippen LogP contribution in [0.25, 0.3) is 0 Å². The Balaban J connectivity index is 2.08. The summed E-state index contributed by atoms with van der Waals surface area (Å²) < 4.78 is 3.91. The van der Waals surface area contributed by atoms with Crippen LogP contribution in [0.3, 0.4) is 0 Å². The predicted molar refractivity (Wildman–Crippen MR) is 73.9 cm³/mol. The Labute approximate surface area is 112 Å². The zero-order chi connectivity index (χ0) is 13.1. The fourth-order valence-corrected chi connectivity index (χ4v) is 2.93. The van der Waals surface area contributed by atoms with Gasteiger partial charge in [0.05, 0.1) is 6.54 Å². The molecule has 0 saturated heterocycles. The molecule has 0 aliphatic carbocycles. The highest BCUT2D eigenvalue weighted by atomic mass is 32.1. The first-order valence-electron chi connectivity index (χ1n) is 5.34. The first-order valence-corrected chi connectivity index (χ1v) is 6.93. The standard InChI is InChI=1S/C10H13N5OS2/c1-2-5-3-13-6(17-5)4-14-10-7(9(12)16)8(11)15-18-10/h3,14H,2,4H2,1H3,(H2,11,15)(H2,12,16). The first-order chi connectivity index (χ1) is 8.61. The third-order valence-electron chi connectivity index (χ3n) is 2.31. The van der Waals surface area contributed by atoms with Gasteiger partial charge in [-0.1, -0.05) is 6.92 Å². The molecule has 8 heteroatoms. The Morgan fingerprint density at radius 1 is 1.56 bits per heavy atom. The number of nitrogen functional groups attached to an aromatic ring is 1. The average molecular weight is 283 g/mol. The monoisotopic (exact) mass is 283 g/mol. The van der Waals surface area contributed by atoms with Gasteiger partial charge < -0.3 is 16.8 Å². The van der Waals surface area contributed by atoms with Crippen molar-refractivity contribution in [2.45, 2.75) is 19.9 Å². The lowest BCUT2D eigenvalue weighted by molar-refractivity contribution is 0.100. The maximum Gasteiger partial charge on any atom is 0.255 e. The first kappa shape index (κ1) is 12.8. The van der Waals surface area contributed by atoms with Crippen LogP contribution >= 0.6 is 22.9 Å². The molecule has 2 rings (SSSR count). The molecule has 0 radical (unpaired) electrons. The molecule has 0 aliphatic heterocycles. The molecule has 6 nitrogen and oxygen atoms in total. The van der Waals surface area contributed by atoms with E-state index >= 15 is 0 Å². The summed E-state index contributed by atoms with van der Waals surface area (Å²) in [5.74, 6) is -0.402. The van der Waals surface area contributed by atoms with E-state index in [4.69, 9.17) is 11.5 Å². The molecule has 2 heterocycles. The van der Waals surface area contributed by atoms with Crippen LogP contribution in [0.15, 0.2) is 6.20 Å². The summed E-state index contributed by atoms with van der Waals surface area (Å²) in [6, 6.07) is 0. The number of hydrogen-bond acceptors (Lipinski definition) is 7. The van der Waals surface area contributed by atoms with E-state index in [2.05, 4.69) is 21.6 Å². The molecule has 0 unspecified atom stereocenters. The molecule has 0 aliphatic rings. The number of rotatable bonds is 5. The molecule has 0 spiro atoms. The SMILES string of the molecule is CCc1cnc(CNc2snc(N)c2C(N)=O)s1. The van der Waals surface area contributed by atoms with Crippen molar-refractivity contribution in [3.05, 3.63) is 21.6 Å². The number of carbonyl (C=O) groups excluding carboxylic acids is 1. The topological polar surface area (TPSA) is 107 Å². The van der Waals surface area contributed by atoms with Crippen molar-refractivity contribution in [3.63, 3.8) is 0 Å². The van der Waals surface area contributed by atoms with Gasteiger partial charge >= 0.3 is 0 Å². The van der Waals surface area contributed by atoms with Crippen LogP contribution in [0, 0.1) is 0 Å². The zero-order valence-electron chi connectivity index (χ0n) is 9.77. The van der Waals surface area contributed by atoms with E-state index in [9.17, 15) is 4.79 Å². The van der Waals surface area contributed by atoms with Crippen LogP contribution in [0.4, 0.5) is 10.8 Å². The van der Waals surface area contributed by atoms with Crippen molar-refractivity contribution in [3.8, 4) is 0 Å². The van der Waals surface area contributed by atoms with Crippen molar-refractivity contribution < 1.29 is 4.79 Å². The maximum absolute atomic E-state index is 11.2. The number of thiazole rings is 1. The molecule has 2 aromatic heterocycles. The van der Waals surface area contributed by atoms with Gasteiger partial charge in [0, 0.05) is 11.1 Å². The predicted octanol–water partition coefficient (Wildman–Crippen LogP) is 1.46. The lowest BCUT2D eigenvalue weighted by Gasteiger charge is -2.02. The number of carbonyl (C=O) groups is 1. The summed E-state index contributed by atoms with van der Waals surface area (Å²) in [5, 5.41) is 4.64.